The van der Waals surface area contributed by atoms with Gasteiger partial charge >= 0.3 is 0 Å². The fourth-order valence-corrected chi connectivity index (χ4v) is 7.66. The number of ketones is 4. The van der Waals surface area contributed by atoms with Gasteiger partial charge in [0, 0.05) is 25.7 Å². The Labute approximate surface area is 353 Å². The number of Topliss-reactive ketones (excluding diaryl/α,β-unsaturated/α-hetero) is 4. The van der Waals surface area contributed by atoms with Crippen LogP contribution < -0.4 is 0 Å². The molecule has 0 aromatic heterocycles. The summed E-state index contributed by atoms with van der Waals surface area (Å²) >= 11 is 0. The fraction of sp³-hybridized carbons (Fsp3) is 0.875. The van der Waals surface area contributed by atoms with Gasteiger partial charge in [0.1, 0.15) is 12.2 Å². The van der Waals surface area contributed by atoms with Crippen molar-refractivity contribution in [2.45, 2.75) is 256 Å². The molecule has 0 saturated carbocycles. The summed E-state index contributed by atoms with van der Waals surface area (Å²) in [6.45, 7) is 2.18. The summed E-state index contributed by atoms with van der Waals surface area (Å²) < 4.78 is 0. The van der Waals surface area contributed by atoms with E-state index in [2.05, 4.69) is 26.0 Å². The van der Waals surface area contributed by atoms with E-state index < -0.39 is 72.6 Å². The van der Waals surface area contributed by atoms with Crippen LogP contribution in [0.5, 0.6) is 0 Å². The van der Waals surface area contributed by atoms with Crippen molar-refractivity contribution < 1.29 is 49.8 Å². The molecule has 340 valence electrons. The smallest absolute Gasteiger partial charge is 0.219 e. The molecule has 0 radical (unpaired) electrons. The summed E-state index contributed by atoms with van der Waals surface area (Å²) in [6.07, 6.45) is 31.4. The zero-order valence-electron chi connectivity index (χ0n) is 37.1. The molecular weight excluding hydrogens is 737 g/mol. The lowest BCUT2D eigenvalue weighted by molar-refractivity contribution is -0.194. The molecule has 0 amide bonds. The van der Waals surface area contributed by atoms with Crippen molar-refractivity contribution in [1.29, 1.82) is 0 Å². The maximum absolute atomic E-state index is 13.6. The maximum Gasteiger partial charge on any atom is 0.219 e. The number of aliphatic hydroxyl groups is 6. The van der Waals surface area contributed by atoms with E-state index in [9.17, 15) is 44.7 Å². The summed E-state index contributed by atoms with van der Waals surface area (Å²) in [7, 11) is 0. The first-order chi connectivity index (χ1) is 28.0. The number of unbranched alkanes of at least 4 members (excludes halogenated alkanes) is 27. The molecule has 0 aliphatic rings. The van der Waals surface area contributed by atoms with Crippen molar-refractivity contribution in [1.82, 2.24) is 0 Å². The highest BCUT2D eigenvalue weighted by Gasteiger charge is 2.62. The van der Waals surface area contributed by atoms with Gasteiger partial charge in [-0.1, -0.05) is 180 Å². The highest BCUT2D eigenvalue weighted by molar-refractivity contribution is 6.16. The van der Waals surface area contributed by atoms with Crippen LogP contribution in [-0.2, 0) is 19.2 Å². The van der Waals surface area contributed by atoms with Gasteiger partial charge in [0.2, 0.25) is 5.60 Å². The molecule has 6 N–H and O–H groups in total. The first-order valence-electron chi connectivity index (χ1n) is 23.8. The van der Waals surface area contributed by atoms with Gasteiger partial charge < -0.3 is 30.6 Å². The number of allylic oxidation sites excluding steroid dienone is 2. The molecule has 0 aliphatic heterocycles. The predicted molar refractivity (Wildman–Crippen MR) is 234 cm³/mol. The molecular formula is C48H88O10. The van der Waals surface area contributed by atoms with E-state index >= 15 is 0 Å². The van der Waals surface area contributed by atoms with Crippen LogP contribution in [0.4, 0.5) is 0 Å². The zero-order valence-corrected chi connectivity index (χ0v) is 37.1. The third-order valence-electron chi connectivity index (χ3n) is 11.7. The van der Waals surface area contributed by atoms with Gasteiger partial charge in [0.25, 0.3) is 0 Å². The second-order valence-electron chi connectivity index (χ2n) is 16.9. The number of carbonyl (C=O) groups is 4. The van der Waals surface area contributed by atoms with Gasteiger partial charge in [0.15, 0.2) is 28.7 Å². The van der Waals surface area contributed by atoms with Crippen LogP contribution in [0, 0.1) is 0 Å². The second-order valence-corrected chi connectivity index (χ2v) is 16.9. The van der Waals surface area contributed by atoms with Gasteiger partial charge in [-0.2, -0.15) is 0 Å². The van der Waals surface area contributed by atoms with Crippen molar-refractivity contribution in [2.75, 3.05) is 13.2 Å². The van der Waals surface area contributed by atoms with E-state index in [1.807, 2.05) is 0 Å². The largest absolute Gasteiger partial charge is 0.394 e. The Kier molecular flexibility index (Phi) is 35.8. The van der Waals surface area contributed by atoms with Gasteiger partial charge in [-0.3, -0.25) is 19.2 Å². The average molecular weight is 825 g/mol. The third kappa shape index (κ3) is 24.4. The van der Waals surface area contributed by atoms with Crippen molar-refractivity contribution in [2.24, 2.45) is 0 Å². The highest BCUT2D eigenvalue weighted by atomic mass is 16.4. The van der Waals surface area contributed by atoms with Gasteiger partial charge in [-0.05, 0) is 38.5 Å². The SMILES string of the molecule is CCCCCCCC/C=C/CCCCCCCC(=O)C(O)(C(=O)CCC(=O)C(O)C(O)CO)C(O)(CO)C(=O)CCCCCCCCCCCCCCCCCCC. The lowest BCUT2D eigenvalue weighted by Crippen LogP contribution is -2.69. The Bertz CT molecular complexity index is 1080. The molecule has 10 heteroatoms. The summed E-state index contributed by atoms with van der Waals surface area (Å²) in [5.74, 6) is -4.47. The van der Waals surface area contributed by atoms with E-state index in [0.717, 1.165) is 57.8 Å². The third-order valence-corrected chi connectivity index (χ3v) is 11.7. The normalized spacial score (nSPS) is 15.0. The van der Waals surface area contributed by atoms with Crippen LogP contribution in [-0.4, -0.2) is 90.4 Å². The molecule has 0 heterocycles. The molecule has 0 saturated heterocycles. The van der Waals surface area contributed by atoms with Crippen molar-refractivity contribution in [3.63, 3.8) is 0 Å². The summed E-state index contributed by atoms with van der Waals surface area (Å²) in [5, 5.41) is 62.1. The molecule has 0 spiro atoms. The van der Waals surface area contributed by atoms with E-state index in [0.29, 0.717) is 19.3 Å². The molecule has 4 atom stereocenters. The molecule has 58 heavy (non-hydrogen) atoms. The van der Waals surface area contributed by atoms with E-state index in [4.69, 9.17) is 5.11 Å². The van der Waals surface area contributed by atoms with Crippen LogP contribution in [0.25, 0.3) is 0 Å². The van der Waals surface area contributed by atoms with Gasteiger partial charge in [-0.25, -0.2) is 0 Å². The standard InChI is InChI=1S/C48H88O10/c1-3-5-7-9-11-13-15-17-19-20-22-23-25-27-29-31-33-35-43(53)47(57,40-50)48(58,45(55)38-37-41(51)46(56)42(52)39-49)44(54)36-34-32-30-28-26-24-21-18-16-14-12-10-8-6-4-2/h18,21,42,46,49-50,52,56-58H,3-17,19-20,22-40H2,1-2H3/b21-18+. The Balaban J connectivity index is 4.96. The molecule has 0 aromatic rings. The molecule has 4 unspecified atom stereocenters. The van der Waals surface area contributed by atoms with E-state index in [1.54, 1.807) is 0 Å². The van der Waals surface area contributed by atoms with Crippen LogP contribution in [0.3, 0.4) is 0 Å². The summed E-state index contributed by atoms with van der Waals surface area (Å²) in [4.78, 5) is 53.0. The molecule has 0 fully saturated rings. The van der Waals surface area contributed by atoms with Crippen LogP contribution in [0.2, 0.25) is 0 Å². The number of carbonyl (C=O) groups excluding carboxylic acids is 4. The molecule has 10 nitrogen and oxygen atoms in total. The molecule has 0 bridgehead atoms. The monoisotopic (exact) mass is 825 g/mol. The molecule has 0 aliphatic carbocycles. The Morgan fingerprint density at radius 3 is 1.14 bits per heavy atom. The minimum absolute atomic E-state index is 0.258. The molecule has 0 rings (SSSR count). The Hall–Kier alpha value is -1.82. The van der Waals surface area contributed by atoms with E-state index in [1.165, 1.54) is 109 Å². The first kappa shape index (κ1) is 56.2. The maximum atomic E-state index is 13.6. The molecule has 0 aromatic carbocycles. The number of hydrogen-bond donors (Lipinski definition) is 6. The summed E-state index contributed by atoms with van der Waals surface area (Å²) in [5.41, 5.74) is -6.40. The van der Waals surface area contributed by atoms with Crippen LogP contribution >= 0.6 is 0 Å². The topological polar surface area (TPSA) is 190 Å². The Morgan fingerprint density at radius 2 is 0.776 bits per heavy atom. The first-order valence-corrected chi connectivity index (χ1v) is 23.8. The number of hydrogen-bond acceptors (Lipinski definition) is 10. The lowest BCUT2D eigenvalue weighted by Gasteiger charge is -2.39. The summed E-state index contributed by atoms with van der Waals surface area (Å²) in [6, 6.07) is 0. The van der Waals surface area contributed by atoms with Crippen LogP contribution in [0.15, 0.2) is 12.2 Å². The lowest BCUT2D eigenvalue weighted by atomic mass is 9.71. The average Bonchev–Trinajstić information content (AvgIpc) is 3.23. The number of aliphatic hydroxyl groups excluding tert-OH is 4. The van der Waals surface area contributed by atoms with E-state index in [-0.39, 0.29) is 19.3 Å². The predicted octanol–water partition coefficient (Wildman–Crippen LogP) is 9.29. The highest BCUT2D eigenvalue weighted by Crippen LogP contribution is 2.32. The number of rotatable bonds is 44. The van der Waals surface area contributed by atoms with Crippen molar-refractivity contribution in [3.05, 3.63) is 12.2 Å². The van der Waals surface area contributed by atoms with Crippen molar-refractivity contribution in [3.8, 4) is 0 Å². The van der Waals surface area contributed by atoms with Crippen LogP contribution in [0.1, 0.15) is 232 Å². The van der Waals surface area contributed by atoms with Gasteiger partial charge in [0.05, 0.1) is 13.2 Å². The van der Waals surface area contributed by atoms with Crippen molar-refractivity contribution >= 4 is 23.1 Å². The minimum atomic E-state index is -3.30. The minimum Gasteiger partial charge on any atom is -0.394 e. The zero-order chi connectivity index (χ0) is 43.3. The fourth-order valence-electron chi connectivity index (χ4n) is 7.66. The quantitative estimate of drug-likeness (QED) is 0.0196. The van der Waals surface area contributed by atoms with Gasteiger partial charge in [-0.15, -0.1) is 0 Å². The second kappa shape index (κ2) is 37.0. The Morgan fingerprint density at radius 1 is 0.448 bits per heavy atom.